The molecule has 3 rings (SSSR count). The van der Waals surface area contributed by atoms with Crippen LogP contribution in [0.5, 0.6) is 5.75 Å². The first kappa shape index (κ1) is 18.1. The van der Waals surface area contributed by atoms with Crippen LogP contribution in [-0.2, 0) is 10.5 Å². The molecule has 0 heterocycles. The maximum Gasteiger partial charge on any atom is 0.262 e. The van der Waals surface area contributed by atoms with Gasteiger partial charge in [0.15, 0.2) is 6.61 Å². The number of carbonyl (C=O) groups excluding carboxylic acids is 1. The molecule has 0 spiro atoms. The summed E-state index contributed by atoms with van der Waals surface area (Å²) in [6, 6.07) is 25.9. The van der Waals surface area contributed by atoms with Crippen LogP contribution >= 0.6 is 11.8 Å². The molecular weight excluding hydrogens is 342 g/mol. The van der Waals surface area contributed by atoms with E-state index < -0.39 is 0 Å². The van der Waals surface area contributed by atoms with E-state index in [0.717, 1.165) is 22.8 Å². The zero-order valence-electron chi connectivity index (χ0n) is 14.6. The lowest BCUT2D eigenvalue weighted by molar-refractivity contribution is -0.118. The van der Waals surface area contributed by atoms with Gasteiger partial charge in [0.25, 0.3) is 5.91 Å². The standard InChI is InChI=1S/C22H21NO2S/c1-17-7-5-6-10-21(17)25-15-22(24)23-19-13-11-18(12-14-19)16-26-20-8-3-2-4-9-20/h2-14H,15-16H2,1H3,(H,23,24). The van der Waals surface area contributed by atoms with Gasteiger partial charge >= 0.3 is 0 Å². The number of hydrogen-bond acceptors (Lipinski definition) is 3. The molecule has 26 heavy (non-hydrogen) atoms. The highest BCUT2D eigenvalue weighted by Crippen LogP contribution is 2.23. The summed E-state index contributed by atoms with van der Waals surface area (Å²) in [7, 11) is 0. The molecule has 132 valence electrons. The Morgan fingerprint density at radius 2 is 1.62 bits per heavy atom. The minimum Gasteiger partial charge on any atom is -0.483 e. The molecule has 0 aliphatic rings. The summed E-state index contributed by atoms with van der Waals surface area (Å²) in [6.45, 7) is 1.95. The smallest absolute Gasteiger partial charge is 0.262 e. The predicted octanol–water partition coefficient (Wildman–Crippen LogP) is 5.30. The van der Waals surface area contributed by atoms with E-state index >= 15 is 0 Å². The lowest BCUT2D eigenvalue weighted by Crippen LogP contribution is -2.20. The van der Waals surface area contributed by atoms with Crippen LogP contribution < -0.4 is 10.1 Å². The summed E-state index contributed by atoms with van der Waals surface area (Å²) in [5, 5.41) is 2.86. The van der Waals surface area contributed by atoms with Gasteiger partial charge in [-0.3, -0.25) is 4.79 Å². The number of ether oxygens (including phenoxy) is 1. The molecule has 3 aromatic rings. The van der Waals surface area contributed by atoms with Crippen molar-refractivity contribution in [2.75, 3.05) is 11.9 Å². The second kappa shape index (κ2) is 9.11. The number of rotatable bonds is 7. The third-order valence-electron chi connectivity index (χ3n) is 3.84. The number of thioether (sulfide) groups is 1. The van der Waals surface area contributed by atoms with Crippen molar-refractivity contribution in [3.63, 3.8) is 0 Å². The number of benzene rings is 3. The average molecular weight is 363 g/mol. The molecule has 0 aliphatic heterocycles. The first-order chi connectivity index (χ1) is 12.7. The van der Waals surface area contributed by atoms with Crippen LogP contribution in [0.15, 0.2) is 83.8 Å². The van der Waals surface area contributed by atoms with E-state index in [1.807, 2.05) is 73.7 Å². The summed E-state index contributed by atoms with van der Waals surface area (Å²) in [5.74, 6) is 1.46. The highest BCUT2D eigenvalue weighted by Gasteiger charge is 2.05. The zero-order valence-corrected chi connectivity index (χ0v) is 15.5. The number of aryl methyl sites for hydroxylation is 1. The maximum absolute atomic E-state index is 12.1. The minimum atomic E-state index is -0.167. The predicted molar refractivity (Wildman–Crippen MR) is 108 cm³/mol. The zero-order chi connectivity index (χ0) is 18.2. The van der Waals surface area contributed by atoms with Crippen molar-refractivity contribution in [3.05, 3.63) is 90.0 Å². The minimum absolute atomic E-state index is 0.00351. The van der Waals surface area contributed by atoms with Gasteiger partial charge in [-0.05, 0) is 48.4 Å². The van der Waals surface area contributed by atoms with Crippen LogP contribution in [0, 0.1) is 6.92 Å². The Bertz CT molecular complexity index is 848. The molecule has 0 aromatic heterocycles. The number of hydrogen-bond donors (Lipinski definition) is 1. The van der Waals surface area contributed by atoms with E-state index in [2.05, 4.69) is 17.4 Å². The van der Waals surface area contributed by atoms with Crippen molar-refractivity contribution in [2.45, 2.75) is 17.6 Å². The Labute approximate surface area is 158 Å². The lowest BCUT2D eigenvalue weighted by Gasteiger charge is -2.10. The molecule has 4 heteroatoms. The van der Waals surface area contributed by atoms with Crippen molar-refractivity contribution in [1.82, 2.24) is 0 Å². The summed E-state index contributed by atoms with van der Waals surface area (Å²) >= 11 is 1.79. The van der Waals surface area contributed by atoms with Crippen molar-refractivity contribution in [1.29, 1.82) is 0 Å². The molecule has 0 bridgehead atoms. The number of para-hydroxylation sites is 1. The largest absolute Gasteiger partial charge is 0.483 e. The van der Waals surface area contributed by atoms with E-state index in [-0.39, 0.29) is 12.5 Å². The number of anilines is 1. The van der Waals surface area contributed by atoms with Gasteiger partial charge in [-0.1, -0.05) is 48.5 Å². The Balaban J connectivity index is 1.47. The van der Waals surface area contributed by atoms with Crippen LogP contribution in [-0.4, -0.2) is 12.5 Å². The van der Waals surface area contributed by atoms with Gasteiger partial charge in [0.2, 0.25) is 0 Å². The lowest BCUT2D eigenvalue weighted by atomic mass is 10.2. The second-order valence-corrected chi connectivity index (χ2v) is 6.95. The van der Waals surface area contributed by atoms with Gasteiger partial charge in [0.1, 0.15) is 5.75 Å². The molecule has 0 fully saturated rings. The average Bonchev–Trinajstić information content (AvgIpc) is 2.68. The highest BCUT2D eigenvalue weighted by atomic mass is 32.2. The Kier molecular flexibility index (Phi) is 6.34. The van der Waals surface area contributed by atoms with Gasteiger partial charge in [0, 0.05) is 16.3 Å². The van der Waals surface area contributed by atoms with Crippen LogP contribution in [0.4, 0.5) is 5.69 Å². The Morgan fingerprint density at radius 1 is 0.923 bits per heavy atom. The fourth-order valence-electron chi connectivity index (χ4n) is 2.43. The monoisotopic (exact) mass is 363 g/mol. The molecule has 1 N–H and O–H groups in total. The van der Waals surface area contributed by atoms with E-state index in [0.29, 0.717) is 0 Å². The first-order valence-corrected chi connectivity index (χ1v) is 9.44. The van der Waals surface area contributed by atoms with Crippen molar-refractivity contribution < 1.29 is 9.53 Å². The fourth-order valence-corrected chi connectivity index (χ4v) is 3.30. The molecule has 3 aromatic carbocycles. The Hall–Kier alpha value is -2.72. The van der Waals surface area contributed by atoms with Gasteiger partial charge < -0.3 is 10.1 Å². The highest BCUT2D eigenvalue weighted by molar-refractivity contribution is 7.98. The molecular formula is C22H21NO2S. The first-order valence-electron chi connectivity index (χ1n) is 8.46. The Morgan fingerprint density at radius 3 is 2.35 bits per heavy atom. The number of nitrogens with one attached hydrogen (secondary N) is 1. The SMILES string of the molecule is Cc1ccccc1OCC(=O)Nc1ccc(CSc2ccccc2)cc1. The van der Waals surface area contributed by atoms with E-state index in [4.69, 9.17) is 4.74 Å². The van der Waals surface area contributed by atoms with Gasteiger partial charge in [-0.2, -0.15) is 0 Å². The summed E-state index contributed by atoms with van der Waals surface area (Å²) in [6.07, 6.45) is 0. The molecule has 0 radical (unpaired) electrons. The molecule has 3 nitrogen and oxygen atoms in total. The molecule has 1 amide bonds. The van der Waals surface area contributed by atoms with Gasteiger partial charge in [-0.15, -0.1) is 11.8 Å². The fraction of sp³-hybridized carbons (Fsp3) is 0.136. The van der Waals surface area contributed by atoms with E-state index in [1.165, 1.54) is 10.5 Å². The van der Waals surface area contributed by atoms with Crippen LogP contribution in [0.25, 0.3) is 0 Å². The number of carbonyl (C=O) groups is 1. The summed E-state index contributed by atoms with van der Waals surface area (Å²) < 4.78 is 5.57. The van der Waals surface area contributed by atoms with Crippen molar-refractivity contribution in [2.24, 2.45) is 0 Å². The quantitative estimate of drug-likeness (QED) is 0.579. The molecule has 0 aliphatic carbocycles. The van der Waals surface area contributed by atoms with E-state index in [9.17, 15) is 4.79 Å². The van der Waals surface area contributed by atoms with Crippen molar-refractivity contribution >= 4 is 23.4 Å². The summed E-state index contributed by atoms with van der Waals surface area (Å²) in [5.41, 5.74) is 3.01. The van der Waals surface area contributed by atoms with Gasteiger partial charge in [-0.25, -0.2) is 0 Å². The topological polar surface area (TPSA) is 38.3 Å². The molecule has 0 saturated carbocycles. The normalized spacial score (nSPS) is 10.3. The van der Waals surface area contributed by atoms with Gasteiger partial charge in [0.05, 0.1) is 0 Å². The third kappa shape index (κ3) is 5.39. The van der Waals surface area contributed by atoms with Crippen LogP contribution in [0.1, 0.15) is 11.1 Å². The molecule has 0 atom stereocenters. The summed E-state index contributed by atoms with van der Waals surface area (Å²) in [4.78, 5) is 13.3. The number of amides is 1. The van der Waals surface area contributed by atoms with E-state index in [1.54, 1.807) is 11.8 Å². The molecule has 0 unspecified atom stereocenters. The second-order valence-electron chi connectivity index (χ2n) is 5.90. The van der Waals surface area contributed by atoms with Crippen molar-refractivity contribution in [3.8, 4) is 5.75 Å². The third-order valence-corrected chi connectivity index (χ3v) is 4.92. The molecule has 0 saturated heterocycles. The van der Waals surface area contributed by atoms with Crippen LogP contribution in [0.2, 0.25) is 0 Å². The van der Waals surface area contributed by atoms with Crippen LogP contribution in [0.3, 0.4) is 0 Å². The maximum atomic E-state index is 12.1.